The highest BCUT2D eigenvalue weighted by molar-refractivity contribution is 6.17. The SMILES string of the molecule is CC(C)(CCCl)Nc1ncccn1. The van der Waals surface area contributed by atoms with E-state index in [2.05, 4.69) is 29.1 Å². The van der Waals surface area contributed by atoms with Crippen molar-refractivity contribution in [3.63, 3.8) is 0 Å². The van der Waals surface area contributed by atoms with Gasteiger partial charge in [-0.15, -0.1) is 11.6 Å². The summed E-state index contributed by atoms with van der Waals surface area (Å²) in [5, 5.41) is 3.21. The van der Waals surface area contributed by atoms with Crippen molar-refractivity contribution in [1.82, 2.24) is 9.97 Å². The molecule has 0 fully saturated rings. The molecule has 1 heterocycles. The zero-order valence-corrected chi connectivity index (χ0v) is 8.67. The molecule has 1 aromatic heterocycles. The predicted molar refractivity (Wildman–Crippen MR) is 55.1 cm³/mol. The van der Waals surface area contributed by atoms with Gasteiger partial charge in [0.15, 0.2) is 0 Å². The van der Waals surface area contributed by atoms with Crippen LogP contribution in [0.3, 0.4) is 0 Å². The third-order valence-corrected chi connectivity index (χ3v) is 1.92. The number of anilines is 1. The van der Waals surface area contributed by atoms with Crippen LogP contribution in [-0.2, 0) is 0 Å². The number of aromatic nitrogens is 2. The number of nitrogens with zero attached hydrogens (tertiary/aromatic N) is 2. The average molecular weight is 200 g/mol. The molecule has 0 amide bonds. The van der Waals surface area contributed by atoms with Gasteiger partial charge in [0, 0.05) is 23.8 Å². The van der Waals surface area contributed by atoms with Crippen LogP contribution in [0.15, 0.2) is 18.5 Å². The lowest BCUT2D eigenvalue weighted by atomic mass is 10.0. The molecule has 0 saturated carbocycles. The van der Waals surface area contributed by atoms with Crippen LogP contribution >= 0.6 is 11.6 Å². The van der Waals surface area contributed by atoms with Gasteiger partial charge in [-0.1, -0.05) is 0 Å². The largest absolute Gasteiger partial charge is 0.349 e. The van der Waals surface area contributed by atoms with Gasteiger partial charge in [0.2, 0.25) is 5.95 Å². The summed E-state index contributed by atoms with van der Waals surface area (Å²) in [5.41, 5.74) is -0.0525. The first kappa shape index (κ1) is 10.3. The van der Waals surface area contributed by atoms with Gasteiger partial charge >= 0.3 is 0 Å². The van der Waals surface area contributed by atoms with Crippen LogP contribution < -0.4 is 5.32 Å². The van der Waals surface area contributed by atoms with Gasteiger partial charge < -0.3 is 5.32 Å². The van der Waals surface area contributed by atoms with E-state index in [4.69, 9.17) is 11.6 Å². The Morgan fingerprint density at radius 1 is 1.38 bits per heavy atom. The lowest BCUT2D eigenvalue weighted by Crippen LogP contribution is -2.32. The third-order valence-electron chi connectivity index (χ3n) is 1.74. The van der Waals surface area contributed by atoms with E-state index in [1.165, 1.54) is 0 Å². The van der Waals surface area contributed by atoms with Crippen LogP contribution in [0.2, 0.25) is 0 Å². The molecule has 4 heteroatoms. The molecule has 1 aromatic rings. The monoisotopic (exact) mass is 199 g/mol. The molecule has 13 heavy (non-hydrogen) atoms. The van der Waals surface area contributed by atoms with E-state index in [0.717, 1.165) is 6.42 Å². The van der Waals surface area contributed by atoms with Gasteiger partial charge in [-0.25, -0.2) is 9.97 Å². The fraction of sp³-hybridized carbons (Fsp3) is 0.556. The molecule has 0 spiro atoms. The molecule has 0 aromatic carbocycles. The molecule has 1 N–H and O–H groups in total. The smallest absolute Gasteiger partial charge is 0.222 e. The van der Waals surface area contributed by atoms with Crippen LogP contribution in [0.4, 0.5) is 5.95 Å². The fourth-order valence-electron chi connectivity index (χ4n) is 0.965. The van der Waals surface area contributed by atoms with E-state index in [1.54, 1.807) is 18.5 Å². The van der Waals surface area contributed by atoms with Crippen LogP contribution in [0, 0.1) is 0 Å². The third kappa shape index (κ3) is 3.59. The predicted octanol–water partition coefficient (Wildman–Crippen LogP) is 2.30. The number of rotatable bonds is 4. The second-order valence-electron chi connectivity index (χ2n) is 3.52. The topological polar surface area (TPSA) is 37.8 Å². The summed E-state index contributed by atoms with van der Waals surface area (Å²) in [6.45, 7) is 4.15. The Kier molecular flexibility index (Phi) is 3.48. The van der Waals surface area contributed by atoms with Crippen molar-refractivity contribution in [2.75, 3.05) is 11.2 Å². The van der Waals surface area contributed by atoms with Crippen molar-refractivity contribution >= 4 is 17.5 Å². The lowest BCUT2D eigenvalue weighted by Gasteiger charge is -2.24. The summed E-state index contributed by atoms with van der Waals surface area (Å²) >= 11 is 5.67. The van der Waals surface area contributed by atoms with Gasteiger partial charge in [-0.2, -0.15) is 0 Å². The van der Waals surface area contributed by atoms with Gasteiger partial charge in [0.1, 0.15) is 0 Å². The minimum Gasteiger partial charge on any atom is -0.349 e. The molecule has 0 atom stereocenters. The van der Waals surface area contributed by atoms with Crippen LogP contribution in [0.1, 0.15) is 20.3 Å². The van der Waals surface area contributed by atoms with Gasteiger partial charge in [-0.05, 0) is 26.3 Å². The fourth-order valence-corrected chi connectivity index (χ4v) is 1.44. The maximum Gasteiger partial charge on any atom is 0.222 e. The van der Waals surface area contributed by atoms with E-state index in [1.807, 2.05) is 0 Å². The van der Waals surface area contributed by atoms with E-state index in [9.17, 15) is 0 Å². The molecule has 0 saturated heterocycles. The highest BCUT2D eigenvalue weighted by Crippen LogP contribution is 2.14. The van der Waals surface area contributed by atoms with E-state index >= 15 is 0 Å². The van der Waals surface area contributed by atoms with Crippen molar-refractivity contribution in [1.29, 1.82) is 0 Å². The molecule has 1 rings (SSSR count). The zero-order valence-electron chi connectivity index (χ0n) is 7.92. The van der Waals surface area contributed by atoms with Crippen molar-refractivity contribution in [2.45, 2.75) is 25.8 Å². The number of hydrogen-bond acceptors (Lipinski definition) is 3. The van der Waals surface area contributed by atoms with Crippen LogP contribution in [-0.4, -0.2) is 21.4 Å². The molecular formula is C9H14ClN3. The molecule has 0 aliphatic carbocycles. The molecule has 0 bridgehead atoms. The lowest BCUT2D eigenvalue weighted by molar-refractivity contribution is 0.545. The van der Waals surface area contributed by atoms with E-state index < -0.39 is 0 Å². The maximum atomic E-state index is 5.67. The average Bonchev–Trinajstić information content (AvgIpc) is 2.04. The minimum atomic E-state index is -0.0525. The Morgan fingerprint density at radius 3 is 2.54 bits per heavy atom. The normalized spacial score (nSPS) is 11.3. The van der Waals surface area contributed by atoms with Crippen molar-refractivity contribution in [3.8, 4) is 0 Å². The summed E-state index contributed by atoms with van der Waals surface area (Å²) in [4.78, 5) is 8.16. The minimum absolute atomic E-state index is 0.0525. The van der Waals surface area contributed by atoms with Crippen LogP contribution in [0.5, 0.6) is 0 Å². The van der Waals surface area contributed by atoms with Crippen molar-refractivity contribution in [2.24, 2.45) is 0 Å². The Labute approximate surface area is 83.5 Å². The molecular weight excluding hydrogens is 186 g/mol. The highest BCUT2D eigenvalue weighted by Gasteiger charge is 2.17. The summed E-state index contributed by atoms with van der Waals surface area (Å²) in [6.07, 6.45) is 4.31. The van der Waals surface area contributed by atoms with Gasteiger partial charge in [-0.3, -0.25) is 0 Å². The van der Waals surface area contributed by atoms with Gasteiger partial charge in [0.05, 0.1) is 0 Å². The van der Waals surface area contributed by atoms with Crippen molar-refractivity contribution in [3.05, 3.63) is 18.5 Å². The van der Waals surface area contributed by atoms with E-state index in [0.29, 0.717) is 11.8 Å². The Balaban J connectivity index is 2.58. The summed E-state index contributed by atoms with van der Waals surface area (Å²) in [6, 6.07) is 1.79. The van der Waals surface area contributed by atoms with Crippen molar-refractivity contribution < 1.29 is 0 Å². The molecule has 3 nitrogen and oxygen atoms in total. The Bertz CT molecular complexity index is 248. The summed E-state index contributed by atoms with van der Waals surface area (Å²) < 4.78 is 0. The second kappa shape index (κ2) is 4.42. The molecule has 0 aliphatic heterocycles. The number of nitrogens with one attached hydrogen (secondary N) is 1. The summed E-state index contributed by atoms with van der Waals surface area (Å²) in [7, 11) is 0. The number of alkyl halides is 1. The maximum absolute atomic E-state index is 5.67. The Morgan fingerprint density at radius 2 is 2.00 bits per heavy atom. The molecule has 0 aliphatic rings. The van der Waals surface area contributed by atoms with Gasteiger partial charge in [0.25, 0.3) is 0 Å². The molecule has 0 radical (unpaired) electrons. The number of halogens is 1. The first-order chi connectivity index (χ1) is 6.14. The quantitative estimate of drug-likeness (QED) is 0.757. The first-order valence-electron chi connectivity index (χ1n) is 4.25. The first-order valence-corrected chi connectivity index (χ1v) is 4.79. The van der Waals surface area contributed by atoms with E-state index in [-0.39, 0.29) is 5.54 Å². The number of hydrogen-bond donors (Lipinski definition) is 1. The second-order valence-corrected chi connectivity index (χ2v) is 3.90. The zero-order chi connectivity index (χ0) is 9.73. The standard InChI is InChI=1S/C9H14ClN3/c1-9(2,4-5-10)13-8-11-6-3-7-12-8/h3,6-7H,4-5H2,1-2H3,(H,11,12,13). The highest BCUT2D eigenvalue weighted by atomic mass is 35.5. The molecule has 0 unspecified atom stereocenters. The molecule has 72 valence electrons. The summed E-state index contributed by atoms with van der Waals surface area (Å²) in [5.74, 6) is 1.28. The Hall–Kier alpha value is -0.830. The van der Waals surface area contributed by atoms with Crippen LogP contribution in [0.25, 0.3) is 0 Å².